The fourth-order valence-electron chi connectivity index (χ4n) is 2.45. The first kappa shape index (κ1) is 11.4. The molecular formula is C14H8ClFN4. The molecule has 0 amide bonds. The van der Waals surface area contributed by atoms with E-state index in [9.17, 15) is 4.39 Å². The summed E-state index contributed by atoms with van der Waals surface area (Å²) in [5.41, 5.74) is 2.63. The van der Waals surface area contributed by atoms with Crippen LogP contribution in [0.4, 0.5) is 4.39 Å². The molecule has 0 radical (unpaired) electrons. The zero-order valence-electron chi connectivity index (χ0n) is 10.1. The summed E-state index contributed by atoms with van der Waals surface area (Å²) < 4.78 is 14.1. The van der Waals surface area contributed by atoms with E-state index >= 15 is 0 Å². The maximum absolute atomic E-state index is 14.1. The SMILES string of the molecule is Fc1cccc2[nH]cc(-c3nc(Cl)nc4[nH]ccc34)c12. The van der Waals surface area contributed by atoms with E-state index in [1.807, 2.05) is 12.1 Å². The third-order valence-electron chi connectivity index (χ3n) is 3.30. The number of H-pyrrole nitrogens is 2. The van der Waals surface area contributed by atoms with Gasteiger partial charge < -0.3 is 9.97 Å². The Kier molecular flexibility index (Phi) is 2.31. The van der Waals surface area contributed by atoms with Gasteiger partial charge in [-0.15, -0.1) is 0 Å². The van der Waals surface area contributed by atoms with E-state index < -0.39 is 0 Å². The normalized spacial score (nSPS) is 11.5. The van der Waals surface area contributed by atoms with Crippen LogP contribution in [-0.2, 0) is 0 Å². The van der Waals surface area contributed by atoms with Crippen molar-refractivity contribution < 1.29 is 4.39 Å². The van der Waals surface area contributed by atoms with Gasteiger partial charge in [0.1, 0.15) is 11.5 Å². The molecule has 0 bridgehead atoms. The largest absolute Gasteiger partial charge is 0.360 e. The Bertz CT molecular complexity index is 941. The van der Waals surface area contributed by atoms with Crippen molar-refractivity contribution in [3.8, 4) is 11.3 Å². The lowest BCUT2D eigenvalue weighted by molar-refractivity contribution is 0.640. The van der Waals surface area contributed by atoms with E-state index in [2.05, 4.69) is 19.9 Å². The van der Waals surface area contributed by atoms with Gasteiger partial charge in [-0.3, -0.25) is 0 Å². The topological polar surface area (TPSA) is 57.4 Å². The summed E-state index contributed by atoms with van der Waals surface area (Å²) in [6.07, 6.45) is 3.49. The molecular weight excluding hydrogens is 279 g/mol. The molecule has 0 aliphatic carbocycles. The second-order valence-corrected chi connectivity index (χ2v) is 4.78. The van der Waals surface area contributed by atoms with Crippen LogP contribution in [0.3, 0.4) is 0 Å². The van der Waals surface area contributed by atoms with Crippen LogP contribution in [0.2, 0.25) is 5.28 Å². The average Bonchev–Trinajstić information content (AvgIpc) is 3.04. The van der Waals surface area contributed by atoms with E-state index in [-0.39, 0.29) is 11.1 Å². The number of benzene rings is 1. The first-order valence-corrected chi connectivity index (χ1v) is 6.38. The smallest absolute Gasteiger partial charge is 0.224 e. The molecule has 6 heteroatoms. The van der Waals surface area contributed by atoms with Gasteiger partial charge in [0, 0.05) is 34.2 Å². The molecule has 3 aromatic heterocycles. The molecule has 0 unspecified atom stereocenters. The molecule has 0 saturated heterocycles. The fraction of sp³-hybridized carbons (Fsp3) is 0. The van der Waals surface area contributed by atoms with Crippen molar-refractivity contribution >= 4 is 33.5 Å². The quantitative estimate of drug-likeness (QED) is 0.521. The molecule has 0 aliphatic rings. The first-order valence-electron chi connectivity index (χ1n) is 6.00. The number of aromatic nitrogens is 4. The highest BCUT2D eigenvalue weighted by Crippen LogP contribution is 2.33. The van der Waals surface area contributed by atoms with Gasteiger partial charge in [0.15, 0.2) is 0 Å². The molecule has 0 aliphatic heterocycles. The van der Waals surface area contributed by atoms with Crippen molar-refractivity contribution in [2.45, 2.75) is 0 Å². The third kappa shape index (κ3) is 1.53. The predicted octanol–water partition coefficient (Wildman–Crippen LogP) is 3.90. The Hall–Kier alpha value is -2.40. The van der Waals surface area contributed by atoms with Gasteiger partial charge in [0.2, 0.25) is 5.28 Å². The van der Waals surface area contributed by atoms with Crippen LogP contribution >= 0.6 is 11.6 Å². The van der Waals surface area contributed by atoms with Crippen LogP contribution in [-0.4, -0.2) is 19.9 Å². The van der Waals surface area contributed by atoms with Crippen molar-refractivity contribution in [3.63, 3.8) is 0 Å². The Morgan fingerprint density at radius 2 is 2.00 bits per heavy atom. The van der Waals surface area contributed by atoms with Crippen molar-refractivity contribution in [3.05, 3.63) is 47.8 Å². The Morgan fingerprint density at radius 3 is 2.90 bits per heavy atom. The van der Waals surface area contributed by atoms with Crippen molar-refractivity contribution in [1.29, 1.82) is 0 Å². The van der Waals surface area contributed by atoms with E-state index in [1.165, 1.54) is 6.07 Å². The second-order valence-electron chi connectivity index (χ2n) is 4.45. The molecule has 1 aromatic carbocycles. The van der Waals surface area contributed by atoms with Crippen molar-refractivity contribution in [1.82, 2.24) is 19.9 Å². The van der Waals surface area contributed by atoms with Gasteiger partial charge in [-0.05, 0) is 29.8 Å². The molecule has 0 fully saturated rings. The van der Waals surface area contributed by atoms with Gasteiger partial charge in [-0.2, -0.15) is 4.98 Å². The van der Waals surface area contributed by atoms with Crippen LogP contribution in [0.1, 0.15) is 0 Å². The standard InChI is InChI=1S/C14H8ClFN4/c15-14-19-12(7-4-5-17-13(7)20-14)8-6-18-10-3-1-2-9(16)11(8)10/h1-6,18H,(H,17,19,20). The first-order chi connectivity index (χ1) is 9.74. The lowest BCUT2D eigenvalue weighted by Gasteiger charge is -2.02. The zero-order chi connectivity index (χ0) is 13.7. The summed E-state index contributed by atoms with van der Waals surface area (Å²) in [4.78, 5) is 14.4. The van der Waals surface area contributed by atoms with Gasteiger partial charge >= 0.3 is 0 Å². The minimum atomic E-state index is -0.294. The highest BCUT2D eigenvalue weighted by molar-refractivity contribution is 6.29. The zero-order valence-corrected chi connectivity index (χ0v) is 10.9. The summed E-state index contributed by atoms with van der Waals surface area (Å²) in [5.74, 6) is -0.294. The predicted molar refractivity (Wildman–Crippen MR) is 76.1 cm³/mol. The second kappa shape index (κ2) is 4.05. The lowest BCUT2D eigenvalue weighted by atomic mass is 10.1. The van der Waals surface area contributed by atoms with Crippen LogP contribution in [0.15, 0.2) is 36.7 Å². The summed E-state index contributed by atoms with van der Waals surface area (Å²) >= 11 is 5.94. The molecule has 0 atom stereocenters. The van der Waals surface area contributed by atoms with Crippen molar-refractivity contribution in [2.24, 2.45) is 0 Å². The monoisotopic (exact) mass is 286 g/mol. The number of hydrogen-bond donors (Lipinski definition) is 2. The number of rotatable bonds is 1. The third-order valence-corrected chi connectivity index (χ3v) is 3.47. The molecule has 0 saturated carbocycles. The number of hydrogen-bond acceptors (Lipinski definition) is 2. The van der Waals surface area contributed by atoms with Crippen LogP contribution < -0.4 is 0 Å². The molecule has 4 aromatic rings. The van der Waals surface area contributed by atoms with Crippen LogP contribution in [0, 0.1) is 5.82 Å². The van der Waals surface area contributed by atoms with Crippen molar-refractivity contribution in [2.75, 3.05) is 0 Å². The lowest BCUT2D eigenvalue weighted by Crippen LogP contribution is -1.90. The highest BCUT2D eigenvalue weighted by atomic mass is 35.5. The van der Waals surface area contributed by atoms with Gasteiger partial charge in [0.25, 0.3) is 0 Å². The van der Waals surface area contributed by atoms with Gasteiger partial charge in [0.05, 0.1) is 5.69 Å². The molecule has 20 heavy (non-hydrogen) atoms. The molecule has 4 nitrogen and oxygen atoms in total. The summed E-state index contributed by atoms with van der Waals surface area (Å²) in [7, 11) is 0. The summed E-state index contributed by atoms with van der Waals surface area (Å²) in [5, 5.41) is 1.43. The summed E-state index contributed by atoms with van der Waals surface area (Å²) in [6, 6.07) is 6.76. The number of aromatic amines is 2. The summed E-state index contributed by atoms with van der Waals surface area (Å²) in [6.45, 7) is 0. The molecule has 4 rings (SSSR count). The van der Waals surface area contributed by atoms with E-state index in [4.69, 9.17) is 11.6 Å². The number of halogens is 2. The average molecular weight is 287 g/mol. The molecule has 2 N–H and O–H groups in total. The number of nitrogens with one attached hydrogen (secondary N) is 2. The number of nitrogens with zero attached hydrogens (tertiary/aromatic N) is 2. The van der Waals surface area contributed by atoms with Crippen LogP contribution in [0.25, 0.3) is 33.2 Å². The van der Waals surface area contributed by atoms with E-state index in [1.54, 1.807) is 18.5 Å². The minimum absolute atomic E-state index is 0.126. The molecule has 3 heterocycles. The maximum Gasteiger partial charge on any atom is 0.224 e. The highest BCUT2D eigenvalue weighted by Gasteiger charge is 2.16. The Balaban J connectivity index is 2.14. The Morgan fingerprint density at radius 1 is 1.10 bits per heavy atom. The fourth-order valence-corrected chi connectivity index (χ4v) is 2.62. The van der Waals surface area contributed by atoms with Gasteiger partial charge in [-0.25, -0.2) is 9.37 Å². The number of fused-ring (bicyclic) bond motifs is 2. The molecule has 98 valence electrons. The molecule has 0 spiro atoms. The van der Waals surface area contributed by atoms with E-state index in [0.717, 1.165) is 10.9 Å². The van der Waals surface area contributed by atoms with Crippen LogP contribution in [0.5, 0.6) is 0 Å². The maximum atomic E-state index is 14.1. The van der Waals surface area contributed by atoms with E-state index in [0.29, 0.717) is 22.3 Å². The minimum Gasteiger partial charge on any atom is -0.360 e. The Labute approximate surface area is 117 Å². The van der Waals surface area contributed by atoms with Gasteiger partial charge in [-0.1, -0.05) is 6.07 Å².